The van der Waals surface area contributed by atoms with Crippen LogP contribution in [0.4, 0.5) is 0 Å². The molecule has 1 atom stereocenters. The van der Waals surface area contributed by atoms with Gasteiger partial charge in [0.05, 0.1) is 0 Å². The van der Waals surface area contributed by atoms with Gasteiger partial charge >= 0.3 is 0 Å². The highest BCUT2D eigenvalue weighted by molar-refractivity contribution is 6.21. The first kappa shape index (κ1) is 4.78. The molecule has 0 aromatic carbocycles. The summed E-state index contributed by atoms with van der Waals surface area (Å²) in [6, 6.07) is 0. The molecule has 1 nitrogen and oxygen atoms in total. The standard InChI is InChI=1S/C3H4ClN/c1-3(4)5-2/h3H,1H3. The second-order valence-electron chi connectivity index (χ2n) is 0.703. The largest absolute Gasteiger partial charge is 0.296 e. The van der Waals surface area contributed by atoms with Gasteiger partial charge in [0.15, 0.2) is 0 Å². The first-order valence-corrected chi connectivity index (χ1v) is 1.71. The Labute approximate surface area is 36.4 Å². The Morgan fingerprint density at radius 1 is 2.00 bits per heavy atom. The van der Waals surface area contributed by atoms with Gasteiger partial charge in [0.25, 0.3) is 5.50 Å². The maximum absolute atomic E-state index is 6.15. The summed E-state index contributed by atoms with van der Waals surface area (Å²) >= 11 is 5.11. The van der Waals surface area contributed by atoms with E-state index in [2.05, 4.69) is 4.85 Å². The highest BCUT2D eigenvalue weighted by atomic mass is 35.5. The number of nitrogens with zero attached hydrogens (tertiary/aromatic N) is 1. The molecular weight excluding hydrogens is 85.5 g/mol. The summed E-state index contributed by atoms with van der Waals surface area (Å²) in [6.45, 7) is 7.78. The lowest BCUT2D eigenvalue weighted by Crippen LogP contribution is -1.71. The van der Waals surface area contributed by atoms with Crippen LogP contribution in [0.1, 0.15) is 6.92 Å². The molecule has 0 heterocycles. The topological polar surface area (TPSA) is 4.36 Å². The summed E-state index contributed by atoms with van der Waals surface area (Å²) in [5, 5.41) is 0. The third kappa shape index (κ3) is 3.78. The van der Waals surface area contributed by atoms with Crippen LogP contribution < -0.4 is 0 Å². The summed E-state index contributed by atoms with van der Waals surface area (Å²) in [5.74, 6) is 0. The summed E-state index contributed by atoms with van der Waals surface area (Å²) in [6.07, 6.45) is 0. The maximum Gasteiger partial charge on any atom is 0.294 e. The van der Waals surface area contributed by atoms with Crippen LogP contribution in [0, 0.1) is 6.57 Å². The van der Waals surface area contributed by atoms with Crippen LogP contribution in [0.2, 0.25) is 0 Å². The van der Waals surface area contributed by atoms with Crippen LogP contribution in [0.25, 0.3) is 4.85 Å². The fourth-order valence-corrected chi connectivity index (χ4v) is 0. The highest BCUT2D eigenvalue weighted by Gasteiger charge is 1.87. The van der Waals surface area contributed by atoms with E-state index in [1.807, 2.05) is 0 Å². The Balaban J connectivity index is 2.94. The van der Waals surface area contributed by atoms with E-state index in [1.54, 1.807) is 6.92 Å². The summed E-state index contributed by atoms with van der Waals surface area (Å²) in [4.78, 5) is 2.90. The third-order valence-electron chi connectivity index (χ3n) is 0.178. The fraction of sp³-hybridized carbons (Fsp3) is 0.667. The SMILES string of the molecule is [C-]#[N+]C(C)Cl. The monoisotopic (exact) mass is 89.0 g/mol. The Bertz CT molecular complexity index is 52.4. The molecule has 0 aliphatic carbocycles. The summed E-state index contributed by atoms with van der Waals surface area (Å²) in [5.41, 5.74) is -0.352. The van der Waals surface area contributed by atoms with Crippen molar-refractivity contribution in [2.45, 2.75) is 12.4 Å². The van der Waals surface area contributed by atoms with Crippen molar-refractivity contribution in [3.8, 4) is 0 Å². The molecular formula is C3H4ClN. The van der Waals surface area contributed by atoms with Crippen LogP contribution >= 0.6 is 11.6 Å². The molecule has 0 amide bonds. The lowest BCUT2D eigenvalue weighted by Gasteiger charge is -1.71. The summed E-state index contributed by atoms with van der Waals surface area (Å²) in [7, 11) is 0. The van der Waals surface area contributed by atoms with Crippen LogP contribution in [-0.4, -0.2) is 5.50 Å². The lowest BCUT2D eigenvalue weighted by atomic mass is 10.8. The minimum atomic E-state index is -0.352. The predicted octanol–water partition coefficient (Wildman–Crippen LogP) is 1.49. The van der Waals surface area contributed by atoms with Crippen molar-refractivity contribution >= 4 is 11.6 Å². The van der Waals surface area contributed by atoms with E-state index >= 15 is 0 Å². The number of hydrogen-bond acceptors (Lipinski definition) is 0. The molecule has 5 heavy (non-hydrogen) atoms. The zero-order valence-corrected chi connectivity index (χ0v) is 3.66. The van der Waals surface area contributed by atoms with Gasteiger partial charge in [0.1, 0.15) is 0 Å². The van der Waals surface area contributed by atoms with E-state index < -0.39 is 0 Å². The van der Waals surface area contributed by atoms with Gasteiger partial charge in [-0.25, -0.2) is 6.57 Å². The number of alkyl halides is 1. The molecule has 0 aliphatic rings. The van der Waals surface area contributed by atoms with Gasteiger partial charge in [-0.3, -0.25) is 4.85 Å². The summed E-state index contributed by atoms with van der Waals surface area (Å²) < 4.78 is 0. The average molecular weight is 89.5 g/mol. The van der Waals surface area contributed by atoms with Crippen LogP contribution in [0.15, 0.2) is 0 Å². The second-order valence-corrected chi connectivity index (χ2v) is 1.33. The predicted molar refractivity (Wildman–Crippen MR) is 21.9 cm³/mol. The smallest absolute Gasteiger partial charge is 0.294 e. The highest BCUT2D eigenvalue weighted by Crippen LogP contribution is 1.90. The molecule has 2 heteroatoms. The van der Waals surface area contributed by atoms with Crippen molar-refractivity contribution in [2.24, 2.45) is 0 Å². The molecule has 0 fully saturated rings. The van der Waals surface area contributed by atoms with E-state index in [4.69, 9.17) is 18.2 Å². The zero-order chi connectivity index (χ0) is 4.28. The van der Waals surface area contributed by atoms with Gasteiger partial charge in [0.2, 0.25) is 0 Å². The number of halogens is 1. The molecule has 0 spiro atoms. The van der Waals surface area contributed by atoms with Crippen molar-refractivity contribution < 1.29 is 0 Å². The number of rotatable bonds is 0. The number of hydrogen-bond donors (Lipinski definition) is 0. The maximum atomic E-state index is 6.15. The van der Waals surface area contributed by atoms with Gasteiger partial charge in [0, 0.05) is 6.92 Å². The molecule has 28 valence electrons. The quantitative estimate of drug-likeness (QED) is 0.241. The Morgan fingerprint density at radius 3 is 2.20 bits per heavy atom. The minimum Gasteiger partial charge on any atom is -0.296 e. The van der Waals surface area contributed by atoms with Crippen molar-refractivity contribution in [3.63, 3.8) is 0 Å². The zero-order valence-electron chi connectivity index (χ0n) is 2.90. The molecule has 0 saturated heterocycles. The van der Waals surface area contributed by atoms with Gasteiger partial charge in [-0.05, 0) is 11.6 Å². The van der Waals surface area contributed by atoms with E-state index in [9.17, 15) is 0 Å². The molecule has 0 radical (unpaired) electrons. The first-order valence-electron chi connectivity index (χ1n) is 1.28. The van der Waals surface area contributed by atoms with Gasteiger partial charge in [-0.1, -0.05) is 0 Å². The third-order valence-corrected chi connectivity index (χ3v) is 0.275. The Hall–Kier alpha value is -0.220. The minimum absolute atomic E-state index is 0.352. The average Bonchev–Trinajstić information content (AvgIpc) is 1.38. The molecule has 1 unspecified atom stereocenters. The van der Waals surface area contributed by atoms with E-state index in [0.29, 0.717) is 0 Å². The molecule has 0 bridgehead atoms. The molecule has 0 aromatic heterocycles. The lowest BCUT2D eigenvalue weighted by molar-refractivity contribution is 1.23. The van der Waals surface area contributed by atoms with E-state index in [0.717, 1.165) is 0 Å². The van der Waals surface area contributed by atoms with Gasteiger partial charge in [-0.2, -0.15) is 0 Å². The molecule has 0 saturated carbocycles. The van der Waals surface area contributed by atoms with E-state index in [1.165, 1.54) is 0 Å². The second kappa shape index (κ2) is 2.04. The fourth-order valence-electron chi connectivity index (χ4n) is 0. The molecule has 0 aromatic rings. The van der Waals surface area contributed by atoms with Crippen LogP contribution in [0.5, 0.6) is 0 Å². The van der Waals surface area contributed by atoms with Crippen molar-refractivity contribution in [1.29, 1.82) is 0 Å². The van der Waals surface area contributed by atoms with Gasteiger partial charge in [-0.15, -0.1) is 0 Å². The Kier molecular flexibility index (Phi) is 1.95. The van der Waals surface area contributed by atoms with Gasteiger partial charge < -0.3 is 0 Å². The van der Waals surface area contributed by atoms with Crippen molar-refractivity contribution in [3.05, 3.63) is 11.4 Å². The molecule has 0 N–H and O–H groups in total. The Morgan fingerprint density at radius 2 is 2.20 bits per heavy atom. The van der Waals surface area contributed by atoms with Crippen LogP contribution in [-0.2, 0) is 0 Å². The normalized spacial score (nSPS) is 13.0. The van der Waals surface area contributed by atoms with E-state index in [-0.39, 0.29) is 5.50 Å². The molecule has 0 aliphatic heterocycles. The van der Waals surface area contributed by atoms with Crippen molar-refractivity contribution in [1.82, 2.24) is 0 Å². The first-order chi connectivity index (χ1) is 2.27. The van der Waals surface area contributed by atoms with Crippen molar-refractivity contribution in [2.75, 3.05) is 0 Å². The van der Waals surface area contributed by atoms with Crippen LogP contribution in [0.3, 0.4) is 0 Å². The molecule has 0 rings (SSSR count).